The van der Waals surface area contributed by atoms with Crippen LogP contribution >= 0.6 is 0 Å². The fourth-order valence-electron chi connectivity index (χ4n) is 3.26. The molecule has 0 saturated carbocycles. The highest BCUT2D eigenvalue weighted by Crippen LogP contribution is 2.25. The standard InChI is InChI=1S/C18H23N3O3S/c1-13-11-16(18(22)20-19-13)12-15-6-8-17(9-7-15)25(23,24)21-10-4-3-5-14(21)2/h6-9,11,14H,3-5,10,12H2,1-2H3,(H,20,22). The lowest BCUT2D eigenvalue weighted by molar-refractivity contribution is 0.268. The minimum absolute atomic E-state index is 0.0387. The van der Waals surface area contributed by atoms with Gasteiger partial charge < -0.3 is 0 Å². The van der Waals surface area contributed by atoms with Gasteiger partial charge in [-0.05, 0) is 50.5 Å². The van der Waals surface area contributed by atoms with Crippen LogP contribution in [-0.4, -0.2) is 35.5 Å². The molecule has 1 aliphatic rings. The summed E-state index contributed by atoms with van der Waals surface area (Å²) in [7, 11) is -3.46. The van der Waals surface area contributed by atoms with Crippen LogP contribution in [0.15, 0.2) is 40.0 Å². The molecule has 0 bridgehead atoms. The van der Waals surface area contributed by atoms with Crippen molar-refractivity contribution < 1.29 is 8.42 Å². The highest BCUT2D eigenvalue weighted by Gasteiger charge is 2.30. The van der Waals surface area contributed by atoms with Gasteiger partial charge in [-0.3, -0.25) is 4.79 Å². The summed E-state index contributed by atoms with van der Waals surface area (Å²) >= 11 is 0. The van der Waals surface area contributed by atoms with Crippen molar-refractivity contribution in [2.45, 2.75) is 50.5 Å². The van der Waals surface area contributed by atoms with E-state index in [9.17, 15) is 13.2 Å². The molecule has 1 aromatic carbocycles. The minimum Gasteiger partial charge on any atom is -0.268 e. The summed E-state index contributed by atoms with van der Waals surface area (Å²) in [4.78, 5) is 12.1. The first-order valence-electron chi connectivity index (χ1n) is 8.54. The van der Waals surface area contributed by atoms with E-state index in [-0.39, 0.29) is 11.6 Å². The Labute approximate surface area is 147 Å². The van der Waals surface area contributed by atoms with Gasteiger partial charge in [0.05, 0.1) is 10.6 Å². The molecular formula is C18H23N3O3S. The third-order valence-electron chi connectivity index (χ3n) is 4.68. The van der Waals surface area contributed by atoms with Crippen molar-refractivity contribution in [1.29, 1.82) is 0 Å². The van der Waals surface area contributed by atoms with Crippen molar-refractivity contribution in [3.05, 3.63) is 57.5 Å². The highest BCUT2D eigenvalue weighted by molar-refractivity contribution is 7.89. The van der Waals surface area contributed by atoms with Crippen molar-refractivity contribution in [2.75, 3.05) is 6.54 Å². The molecule has 7 heteroatoms. The molecule has 1 aromatic heterocycles. The minimum atomic E-state index is -3.46. The van der Waals surface area contributed by atoms with E-state index in [0.29, 0.717) is 23.4 Å². The van der Waals surface area contributed by atoms with Crippen molar-refractivity contribution in [1.82, 2.24) is 14.5 Å². The normalized spacial score (nSPS) is 19.0. The van der Waals surface area contributed by atoms with Crippen molar-refractivity contribution >= 4 is 10.0 Å². The number of hydrogen-bond acceptors (Lipinski definition) is 4. The zero-order valence-electron chi connectivity index (χ0n) is 14.5. The summed E-state index contributed by atoms with van der Waals surface area (Å²) in [6, 6.07) is 8.60. The number of H-pyrrole nitrogens is 1. The summed E-state index contributed by atoms with van der Waals surface area (Å²) in [5.74, 6) is 0. The lowest BCUT2D eigenvalue weighted by atomic mass is 10.1. The molecule has 2 heterocycles. The molecule has 25 heavy (non-hydrogen) atoms. The topological polar surface area (TPSA) is 83.1 Å². The van der Waals surface area contributed by atoms with Crippen LogP contribution in [0.5, 0.6) is 0 Å². The number of nitrogens with zero attached hydrogens (tertiary/aromatic N) is 2. The van der Waals surface area contributed by atoms with Gasteiger partial charge in [0.2, 0.25) is 10.0 Å². The van der Waals surface area contributed by atoms with Crippen LogP contribution in [0.4, 0.5) is 0 Å². The third kappa shape index (κ3) is 3.82. The molecule has 0 amide bonds. The van der Waals surface area contributed by atoms with Gasteiger partial charge in [-0.2, -0.15) is 9.40 Å². The Bertz CT molecular complexity index is 904. The first-order chi connectivity index (χ1) is 11.9. The number of benzene rings is 1. The number of aromatic nitrogens is 2. The maximum Gasteiger partial charge on any atom is 0.267 e. The maximum absolute atomic E-state index is 12.8. The van der Waals surface area contributed by atoms with Crippen LogP contribution < -0.4 is 5.56 Å². The van der Waals surface area contributed by atoms with Crippen LogP contribution in [0.3, 0.4) is 0 Å². The molecule has 0 radical (unpaired) electrons. The summed E-state index contributed by atoms with van der Waals surface area (Å²) in [6.45, 7) is 4.36. The Balaban J connectivity index is 1.82. The lowest BCUT2D eigenvalue weighted by Gasteiger charge is -2.32. The Kier molecular flexibility index (Phi) is 5.06. The van der Waals surface area contributed by atoms with E-state index >= 15 is 0 Å². The van der Waals surface area contributed by atoms with E-state index in [0.717, 1.165) is 30.5 Å². The van der Waals surface area contributed by atoms with Gasteiger partial charge in [-0.15, -0.1) is 0 Å². The largest absolute Gasteiger partial charge is 0.268 e. The average molecular weight is 361 g/mol. The van der Waals surface area contributed by atoms with E-state index in [1.165, 1.54) is 0 Å². The van der Waals surface area contributed by atoms with Gasteiger partial charge in [0, 0.05) is 24.6 Å². The number of aryl methyl sites for hydroxylation is 1. The number of hydrogen-bond donors (Lipinski definition) is 1. The van der Waals surface area contributed by atoms with E-state index in [1.807, 2.05) is 13.8 Å². The molecule has 1 unspecified atom stereocenters. The zero-order valence-corrected chi connectivity index (χ0v) is 15.3. The fourth-order valence-corrected chi connectivity index (χ4v) is 4.95. The van der Waals surface area contributed by atoms with Crippen molar-refractivity contribution in [3.8, 4) is 0 Å². The second-order valence-electron chi connectivity index (χ2n) is 6.64. The second kappa shape index (κ2) is 7.09. The molecule has 6 nitrogen and oxygen atoms in total. The number of piperidine rings is 1. The first-order valence-corrected chi connectivity index (χ1v) is 9.98. The molecule has 1 saturated heterocycles. The summed E-state index contributed by atoms with van der Waals surface area (Å²) < 4.78 is 27.3. The van der Waals surface area contributed by atoms with Crippen molar-refractivity contribution in [2.24, 2.45) is 0 Å². The van der Waals surface area contributed by atoms with E-state index in [2.05, 4.69) is 10.2 Å². The average Bonchev–Trinajstić information content (AvgIpc) is 2.59. The zero-order chi connectivity index (χ0) is 18.0. The summed E-state index contributed by atoms with van der Waals surface area (Å²) in [6.07, 6.45) is 3.33. The Hall–Kier alpha value is -1.99. The maximum atomic E-state index is 12.8. The first kappa shape index (κ1) is 17.8. The second-order valence-corrected chi connectivity index (χ2v) is 8.54. The molecule has 0 aliphatic carbocycles. The molecule has 1 fully saturated rings. The molecule has 134 valence electrons. The SMILES string of the molecule is Cc1cc(Cc2ccc(S(=O)(=O)N3CCCCC3C)cc2)c(=O)[nH]n1. The van der Waals surface area contributed by atoms with Gasteiger partial charge in [0.15, 0.2) is 0 Å². The molecular weight excluding hydrogens is 338 g/mol. The monoisotopic (exact) mass is 361 g/mol. The van der Waals surface area contributed by atoms with Crippen LogP contribution in [0, 0.1) is 6.92 Å². The van der Waals surface area contributed by atoms with Crippen molar-refractivity contribution in [3.63, 3.8) is 0 Å². The molecule has 1 aliphatic heterocycles. The third-order valence-corrected chi connectivity index (χ3v) is 6.70. The van der Waals surface area contributed by atoms with E-state index in [4.69, 9.17) is 0 Å². The number of sulfonamides is 1. The summed E-state index contributed by atoms with van der Waals surface area (Å²) in [5.41, 5.74) is 2.03. The lowest BCUT2D eigenvalue weighted by Crippen LogP contribution is -2.41. The predicted octanol–water partition coefficient (Wildman–Crippen LogP) is 2.23. The highest BCUT2D eigenvalue weighted by atomic mass is 32.2. The van der Waals surface area contributed by atoms with Gasteiger partial charge in [0.1, 0.15) is 0 Å². The Morgan fingerprint density at radius 1 is 1.24 bits per heavy atom. The Morgan fingerprint density at radius 2 is 1.96 bits per heavy atom. The van der Waals surface area contributed by atoms with Crippen LogP contribution in [0.2, 0.25) is 0 Å². The molecule has 2 aromatic rings. The summed E-state index contributed by atoms with van der Waals surface area (Å²) in [5, 5.41) is 6.33. The Morgan fingerprint density at radius 3 is 2.64 bits per heavy atom. The number of aromatic amines is 1. The molecule has 0 spiro atoms. The number of rotatable bonds is 4. The van der Waals surface area contributed by atoms with Gasteiger partial charge in [-0.25, -0.2) is 13.5 Å². The molecule has 3 rings (SSSR count). The molecule has 1 atom stereocenters. The van der Waals surface area contributed by atoms with Crippen LogP contribution in [0.25, 0.3) is 0 Å². The van der Waals surface area contributed by atoms with Gasteiger partial charge in [-0.1, -0.05) is 18.6 Å². The van der Waals surface area contributed by atoms with E-state index in [1.54, 1.807) is 34.6 Å². The van der Waals surface area contributed by atoms with Crippen LogP contribution in [0.1, 0.15) is 43.0 Å². The predicted molar refractivity (Wildman–Crippen MR) is 96.0 cm³/mol. The van der Waals surface area contributed by atoms with E-state index < -0.39 is 10.0 Å². The van der Waals surface area contributed by atoms with Crippen LogP contribution in [-0.2, 0) is 16.4 Å². The van der Waals surface area contributed by atoms with Gasteiger partial charge >= 0.3 is 0 Å². The quantitative estimate of drug-likeness (QED) is 0.905. The molecule has 1 N–H and O–H groups in total. The smallest absolute Gasteiger partial charge is 0.267 e. The fraction of sp³-hybridized carbons (Fsp3) is 0.444. The van der Waals surface area contributed by atoms with Gasteiger partial charge in [0.25, 0.3) is 5.56 Å². The number of nitrogens with one attached hydrogen (secondary N) is 1.